The Morgan fingerprint density at radius 3 is 2.58 bits per heavy atom. The molecule has 0 spiro atoms. The van der Waals surface area contributed by atoms with Crippen LogP contribution in [0.5, 0.6) is 0 Å². The van der Waals surface area contributed by atoms with Crippen molar-refractivity contribution in [2.75, 3.05) is 30.9 Å². The van der Waals surface area contributed by atoms with Crippen molar-refractivity contribution >= 4 is 23.1 Å². The SMILES string of the molecule is COC[C@@H](C)N[C@H]1CC[C@H](Nc2cc(-c3cncc(NCC4CC4)c3)c(Cl)cn2)CC1. The van der Waals surface area contributed by atoms with Crippen LogP contribution in [0.25, 0.3) is 11.1 Å². The number of hydrogen-bond acceptors (Lipinski definition) is 6. The molecule has 2 saturated carbocycles. The molecule has 0 bridgehead atoms. The molecule has 2 fully saturated rings. The molecule has 2 aromatic rings. The van der Waals surface area contributed by atoms with Crippen LogP contribution in [0.4, 0.5) is 11.5 Å². The maximum Gasteiger partial charge on any atom is 0.126 e. The molecular formula is C24H34ClN5O. The number of aromatic nitrogens is 2. The first-order valence-corrected chi connectivity index (χ1v) is 11.8. The Labute approximate surface area is 190 Å². The molecule has 0 radical (unpaired) electrons. The van der Waals surface area contributed by atoms with E-state index in [4.69, 9.17) is 16.3 Å². The predicted molar refractivity (Wildman–Crippen MR) is 128 cm³/mol. The summed E-state index contributed by atoms with van der Waals surface area (Å²) in [6.07, 6.45) is 12.7. The minimum Gasteiger partial charge on any atom is -0.384 e. The zero-order valence-electron chi connectivity index (χ0n) is 18.5. The summed E-state index contributed by atoms with van der Waals surface area (Å²) in [4.78, 5) is 8.94. The molecule has 31 heavy (non-hydrogen) atoms. The van der Waals surface area contributed by atoms with Crippen molar-refractivity contribution in [2.24, 2.45) is 5.92 Å². The van der Waals surface area contributed by atoms with Gasteiger partial charge in [-0.25, -0.2) is 4.98 Å². The van der Waals surface area contributed by atoms with E-state index in [2.05, 4.69) is 45.0 Å². The highest BCUT2D eigenvalue weighted by atomic mass is 35.5. The number of rotatable bonds is 10. The second-order valence-corrected chi connectivity index (χ2v) is 9.46. The van der Waals surface area contributed by atoms with E-state index in [-0.39, 0.29) is 0 Å². The van der Waals surface area contributed by atoms with E-state index in [9.17, 15) is 0 Å². The van der Waals surface area contributed by atoms with E-state index >= 15 is 0 Å². The molecule has 0 aromatic carbocycles. The monoisotopic (exact) mass is 443 g/mol. The highest BCUT2D eigenvalue weighted by Gasteiger charge is 2.23. The van der Waals surface area contributed by atoms with Crippen molar-refractivity contribution in [3.8, 4) is 11.1 Å². The van der Waals surface area contributed by atoms with Crippen LogP contribution in [0.3, 0.4) is 0 Å². The topological polar surface area (TPSA) is 71.1 Å². The maximum atomic E-state index is 6.50. The molecule has 0 aliphatic heterocycles. The summed E-state index contributed by atoms with van der Waals surface area (Å²) in [5, 5.41) is 11.4. The van der Waals surface area contributed by atoms with E-state index in [1.54, 1.807) is 13.3 Å². The third-order valence-corrected chi connectivity index (χ3v) is 6.51. The average Bonchev–Trinajstić information content (AvgIpc) is 3.60. The number of anilines is 2. The molecular weight excluding hydrogens is 410 g/mol. The van der Waals surface area contributed by atoms with Gasteiger partial charge in [0.1, 0.15) is 5.82 Å². The quantitative estimate of drug-likeness (QED) is 0.481. The van der Waals surface area contributed by atoms with Crippen LogP contribution in [0.15, 0.2) is 30.7 Å². The van der Waals surface area contributed by atoms with Gasteiger partial charge in [-0.3, -0.25) is 4.98 Å². The van der Waals surface area contributed by atoms with Crippen LogP contribution in [-0.4, -0.2) is 48.4 Å². The minimum absolute atomic E-state index is 0.392. The first-order valence-electron chi connectivity index (χ1n) is 11.5. The van der Waals surface area contributed by atoms with E-state index in [0.29, 0.717) is 23.1 Å². The van der Waals surface area contributed by atoms with Crippen LogP contribution < -0.4 is 16.0 Å². The fourth-order valence-corrected chi connectivity index (χ4v) is 4.53. The van der Waals surface area contributed by atoms with E-state index in [1.165, 1.54) is 12.8 Å². The maximum absolute atomic E-state index is 6.50. The normalized spacial score (nSPS) is 22.2. The van der Waals surface area contributed by atoms with Gasteiger partial charge < -0.3 is 20.7 Å². The largest absolute Gasteiger partial charge is 0.384 e. The van der Waals surface area contributed by atoms with Gasteiger partial charge in [0.05, 0.1) is 17.3 Å². The molecule has 1 atom stereocenters. The van der Waals surface area contributed by atoms with Crippen molar-refractivity contribution in [3.63, 3.8) is 0 Å². The summed E-state index contributed by atoms with van der Waals surface area (Å²) in [5.74, 6) is 1.69. The highest BCUT2D eigenvalue weighted by molar-refractivity contribution is 6.33. The third-order valence-electron chi connectivity index (χ3n) is 6.21. The average molecular weight is 444 g/mol. The van der Waals surface area contributed by atoms with Gasteiger partial charge in [-0.1, -0.05) is 11.6 Å². The number of nitrogens with one attached hydrogen (secondary N) is 3. The number of pyridine rings is 2. The van der Waals surface area contributed by atoms with Gasteiger partial charge >= 0.3 is 0 Å². The number of methoxy groups -OCH3 is 1. The van der Waals surface area contributed by atoms with Gasteiger partial charge in [-0.15, -0.1) is 0 Å². The van der Waals surface area contributed by atoms with Crippen LogP contribution in [0.1, 0.15) is 45.4 Å². The molecule has 6 nitrogen and oxygen atoms in total. The number of nitrogens with zero attached hydrogens (tertiary/aromatic N) is 2. The lowest BCUT2D eigenvalue weighted by Crippen LogP contribution is -2.42. The number of hydrogen-bond donors (Lipinski definition) is 3. The number of ether oxygens (including phenoxy) is 1. The van der Waals surface area contributed by atoms with Gasteiger partial charge in [0.15, 0.2) is 0 Å². The fraction of sp³-hybridized carbons (Fsp3) is 0.583. The summed E-state index contributed by atoms with van der Waals surface area (Å²) in [7, 11) is 1.75. The van der Waals surface area contributed by atoms with Crippen molar-refractivity contribution in [1.82, 2.24) is 15.3 Å². The third kappa shape index (κ3) is 6.55. The molecule has 4 rings (SSSR count). The fourth-order valence-electron chi connectivity index (χ4n) is 4.32. The lowest BCUT2D eigenvalue weighted by atomic mass is 9.90. The van der Waals surface area contributed by atoms with Gasteiger partial charge in [-0.05, 0) is 63.5 Å². The first kappa shape index (κ1) is 22.3. The molecule has 2 heterocycles. The summed E-state index contributed by atoms with van der Waals surface area (Å²) < 4.78 is 5.23. The zero-order chi connectivity index (χ0) is 21.6. The Bertz CT molecular complexity index is 852. The zero-order valence-corrected chi connectivity index (χ0v) is 19.3. The van der Waals surface area contributed by atoms with Gasteiger partial charge in [-0.2, -0.15) is 0 Å². The van der Waals surface area contributed by atoms with Crippen molar-refractivity contribution < 1.29 is 4.74 Å². The first-order chi connectivity index (χ1) is 15.1. The Morgan fingerprint density at radius 2 is 1.84 bits per heavy atom. The molecule has 2 aliphatic carbocycles. The van der Waals surface area contributed by atoms with Gasteiger partial charge in [0, 0.05) is 61.5 Å². The molecule has 168 valence electrons. The van der Waals surface area contributed by atoms with Crippen LogP contribution in [0, 0.1) is 5.92 Å². The minimum atomic E-state index is 0.392. The molecule has 0 saturated heterocycles. The number of halogens is 1. The lowest BCUT2D eigenvalue weighted by molar-refractivity contribution is 0.161. The second-order valence-electron chi connectivity index (χ2n) is 9.05. The summed E-state index contributed by atoms with van der Waals surface area (Å²) >= 11 is 6.50. The van der Waals surface area contributed by atoms with Crippen LogP contribution >= 0.6 is 11.6 Å². The van der Waals surface area contributed by atoms with E-state index < -0.39 is 0 Å². The summed E-state index contributed by atoms with van der Waals surface area (Å²) in [5.41, 5.74) is 3.02. The highest BCUT2D eigenvalue weighted by Crippen LogP contribution is 2.32. The second kappa shape index (κ2) is 10.6. The molecule has 0 amide bonds. The summed E-state index contributed by atoms with van der Waals surface area (Å²) in [6, 6.07) is 5.56. The molecule has 2 aromatic heterocycles. The Balaban J connectivity index is 1.35. The van der Waals surface area contributed by atoms with Crippen LogP contribution in [0.2, 0.25) is 5.02 Å². The van der Waals surface area contributed by atoms with Gasteiger partial charge in [0.2, 0.25) is 0 Å². The molecule has 2 aliphatic rings. The smallest absolute Gasteiger partial charge is 0.126 e. The Hall–Kier alpha value is -1.89. The van der Waals surface area contributed by atoms with Crippen molar-refractivity contribution in [1.29, 1.82) is 0 Å². The summed E-state index contributed by atoms with van der Waals surface area (Å²) in [6.45, 7) is 3.95. The Kier molecular flexibility index (Phi) is 7.64. The standard InChI is InChI=1S/C24H34ClN5O/c1-16(15-31-2)29-19-5-7-20(8-6-19)30-24-10-22(23(25)14-28-24)18-9-21(13-26-12-18)27-11-17-3-4-17/h9-10,12-14,16-17,19-20,27,29H,3-8,11,15H2,1-2H3,(H,28,30)/t16-,19-,20-/m1/s1. The van der Waals surface area contributed by atoms with Crippen LogP contribution in [-0.2, 0) is 4.74 Å². The van der Waals surface area contributed by atoms with E-state index in [1.807, 2.05) is 12.4 Å². The molecule has 0 unspecified atom stereocenters. The molecule has 7 heteroatoms. The van der Waals surface area contributed by atoms with Crippen molar-refractivity contribution in [3.05, 3.63) is 35.7 Å². The van der Waals surface area contributed by atoms with Gasteiger partial charge in [0.25, 0.3) is 0 Å². The molecule has 3 N–H and O–H groups in total. The Morgan fingerprint density at radius 1 is 1.06 bits per heavy atom. The predicted octanol–water partition coefficient (Wildman–Crippen LogP) is 4.97. The van der Waals surface area contributed by atoms with Crippen molar-refractivity contribution in [2.45, 2.75) is 63.6 Å². The van der Waals surface area contributed by atoms with E-state index in [0.717, 1.165) is 67.4 Å². The lowest BCUT2D eigenvalue weighted by Gasteiger charge is -2.32.